The SMILES string of the molecule is C#CO.O=C(O)c1ccccc1. The molecule has 3 nitrogen and oxygen atoms in total. The monoisotopic (exact) mass is 164 g/mol. The summed E-state index contributed by atoms with van der Waals surface area (Å²) in [5, 5.41) is 15.5. The molecule has 0 heterocycles. The van der Waals surface area contributed by atoms with E-state index in [1.165, 1.54) is 6.11 Å². The summed E-state index contributed by atoms with van der Waals surface area (Å²) in [6.45, 7) is 0. The van der Waals surface area contributed by atoms with Crippen LogP contribution in [0.5, 0.6) is 0 Å². The average molecular weight is 164 g/mol. The molecule has 0 saturated heterocycles. The van der Waals surface area contributed by atoms with Gasteiger partial charge in [0.1, 0.15) is 6.11 Å². The van der Waals surface area contributed by atoms with Crippen molar-refractivity contribution in [2.24, 2.45) is 0 Å². The maximum atomic E-state index is 10.2. The molecule has 62 valence electrons. The smallest absolute Gasteiger partial charge is 0.335 e. The van der Waals surface area contributed by atoms with Gasteiger partial charge in [-0.3, -0.25) is 0 Å². The van der Waals surface area contributed by atoms with Crippen LogP contribution in [0.4, 0.5) is 0 Å². The number of aliphatic hydroxyl groups excluding tert-OH is 1. The van der Waals surface area contributed by atoms with Crippen LogP contribution in [0.15, 0.2) is 30.3 Å². The topological polar surface area (TPSA) is 57.5 Å². The number of benzene rings is 1. The molecular formula is C9H8O3. The van der Waals surface area contributed by atoms with E-state index >= 15 is 0 Å². The number of carboxylic acids is 1. The second-order valence-corrected chi connectivity index (χ2v) is 1.80. The van der Waals surface area contributed by atoms with Crippen LogP contribution in [-0.2, 0) is 0 Å². The van der Waals surface area contributed by atoms with Crippen molar-refractivity contribution in [1.29, 1.82) is 0 Å². The van der Waals surface area contributed by atoms with Gasteiger partial charge in [0, 0.05) is 0 Å². The van der Waals surface area contributed by atoms with E-state index in [-0.39, 0.29) is 0 Å². The van der Waals surface area contributed by atoms with Crippen molar-refractivity contribution in [2.45, 2.75) is 0 Å². The molecule has 3 heteroatoms. The van der Waals surface area contributed by atoms with Crippen molar-refractivity contribution in [3.8, 4) is 12.5 Å². The Hall–Kier alpha value is -1.95. The van der Waals surface area contributed by atoms with E-state index in [2.05, 4.69) is 6.42 Å². The van der Waals surface area contributed by atoms with E-state index in [4.69, 9.17) is 10.2 Å². The van der Waals surface area contributed by atoms with Gasteiger partial charge in [0.05, 0.1) is 5.56 Å². The highest BCUT2D eigenvalue weighted by molar-refractivity contribution is 5.87. The van der Waals surface area contributed by atoms with Crippen LogP contribution >= 0.6 is 0 Å². The van der Waals surface area contributed by atoms with Crippen molar-refractivity contribution in [3.05, 3.63) is 35.9 Å². The van der Waals surface area contributed by atoms with Crippen molar-refractivity contribution < 1.29 is 15.0 Å². The Morgan fingerprint density at radius 3 is 2.00 bits per heavy atom. The van der Waals surface area contributed by atoms with Crippen molar-refractivity contribution >= 4 is 5.97 Å². The molecule has 0 aliphatic carbocycles. The number of aliphatic hydroxyl groups is 1. The maximum absolute atomic E-state index is 10.2. The molecule has 0 unspecified atom stereocenters. The zero-order valence-electron chi connectivity index (χ0n) is 6.27. The van der Waals surface area contributed by atoms with Crippen LogP contribution in [0.25, 0.3) is 0 Å². The molecule has 0 radical (unpaired) electrons. The Kier molecular flexibility index (Phi) is 4.86. The number of hydrogen-bond acceptors (Lipinski definition) is 2. The molecule has 1 rings (SSSR count). The first-order valence-electron chi connectivity index (χ1n) is 3.10. The van der Waals surface area contributed by atoms with Gasteiger partial charge in [0.2, 0.25) is 0 Å². The van der Waals surface area contributed by atoms with E-state index in [1.54, 1.807) is 30.3 Å². The van der Waals surface area contributed by atoms with Gasteiger partial charge in [-0.1, -0.05) is 24.6 Å². The first kappa shape index (κ1) is 10.0. The van der Waals surface area contributed by atoms with E-state index in [1.807, 2.05) is 0 Å². The Labute approximate surface area is 70.3 Å². The third-order valence-corrected chi connectivity index (χ3v) is 1.02. The van der Waals surface area contributed by atoms with Gasteiger partial charge in [-0.15, -0.1) is 0 Å². The minimum atomic E-state index is -0.879. The van der Waals surface area contributed by atoms with E-state index in [0.29, 0.717) is 5.56 Å². The quantitative estimate of drug-likeness (QED) is 0.615. The summed E-state index contributed by atoms with van der Waals surface area (Å²) in [5.74, 6) is -0.879. The summed E-state index contributed by atoms with van der Waals surface area (Å²) in [5.41, 5.74) is 0.331. The van der Waals surface area contributed by atoms with Gasteiger partial charge in [-0.2, -0.15) is 0 Å². The van der Waals surface area contributed by atoms with Gasteiger partial charge < -0.3 is 10.2 Å². The molecule has 0 fully saturated rings. The zero-order valence-corrected chi connectivity index (χ0v) is 6.27. The lowest BCUT2D eigenvalue weighted by Gasteiger charge is -1.88. The molecular weight excluding hydrogens is 156 g/mol. The van der Waals surface area contributed by atoms with Crippen molar-refractivity contribution in [3.63, 3.8) is 0 Å². The Bertz CT molecular complexity index is 272. The molecule has 0 bridgehead atoms. The zero-order chi connectivity index (χ0) is 9.40. The summed E-state index contributed by atoms with van der Waals surface area (Å²) in [7, 11) is 0. The first-order chi connectivity index (χ1) is 5.72. The molecule has 12 heavy (non-hydrogen) atoms. The summed E-state index contributed by atoms with van der Waals surface area (Å²) >= 11 is 0. The lowest BCUT2D eigenvalue weighted by atomic mass is 10.2. The molecule has 1 aromatic carbocycles. The van der Waals surface area contributed by atoms with Gasteiger partial charge in [0.15, 0.2) is 0 Å². The second kappa shape index (κ2) is 5.81. The molecule has 0 aromatic heterocycles. The minimum Gasteiger partial charge on any atom is -0.478 e. The fourth-order valence-corrected chi connectivity index (χ4v) is 0.581. The number of rotatable bonds is 1. The Morgan fingerprint density at radius 1 is 1.33 bits per heavy atom. The fraction of sp³-hybridized carbons (Fsp3) is 0. The highest BCUT2D eigenvalue weighted by Crippen LogP contribution is 1.96. The summed E-state index contributed by atoms with van der Waals surface area (Å²) in [4.78, 5) is 10.2. The normalized spacial score (nSPS) is 7.25. The van der Waals surface area contributed by atoms with Crippen molar-refractivity contribution in [2.75, 3.05) is 0 Å². The van der Waals surface area contributed by atoms with Gasteiger partial charge in [-0.05, 0) is 12.1 Å². The number of terminal acetylenes is 1. The van der Waals surface area contributed by atoms with E-state index in [9.17, 15) is 4.79 Å². The molecule has 0 atom stereocenters. The van der Waals surface area contributed by atoms with Crippen LogP contribution < -0.4 is 0 Å². The minimum absolute atomic E-state index is 0.331. The Balaban J connectivity index is 0.000000354. The average Bonchev–Trinajstić information content (AvgIpc) is 2.07. The van der Waals surface area contributed by atoms with E-state index < -0.39 is 5.97 Å². The number of carbonyl (C=O) groups is 1. The van der Waals surface area contributed by atoms with Crippen LogP contribution in [-0.4, -0.2) is 16.2 Å². The van der Waals surface area contributed by atoms with Crippen LogP contribution in [0, 0.1) is 12.5 Å². The second-order valence-electron chi connectivity index (χ2n) is 1.80. The first-order valence-corrected chi connectivity index (χ1v) is 3.10. The molecule has 0 spiro atoms. The predicted octanol–water partition coefficient (Wildman–Crippen LogP) is 1.33. The number of aromatic carboxylic acids is 1. The van der Waals surface area contributed by atoms with E-state index in [0.717, 1.165) is 0 Å². The molecule has 0 saturated carbocycles. The van der Waals surface area contributed by atoms with Crippen LogP contribution in [0.1, 0.15) is 10.4 Å². The van der Waals surface area contributed by atoms with Gasteiger partial charge in [-0.25, -0.2) is 4.79 Å². The molecule has 0 amide bonds. The summed E-state index contributed by atoms with van der Waals surface area (Å²) in [6, 6.07) is 8.30. The lowest BCUT2D eigenvalue weighted by Crippen LogP contribution is -1.93. The highest BCUT2D eigenvalue weighted by Gasteiger charge is 1.96. The molecule has 0 aliphatic rings. The van der Waals surface area contributed by atoms with Gasteiger partial charge >= 0.3 is 5.97 Å². The maximum Gasteiger partial charge on any atom is 0.335 e. The summed E-state index contributed by atoms with van der Waals surface area (Å²) < 4.78 is 0. The lowest BCUT2D eigenvalue weighted by molar-refractivity contribution is 0.0697. The largest absolute Gasteiger partial charge is 0.478 e. The predicted molar refractivity (Wildman–Crippen MR) is 44.2 cm³/mol. The standard InChI is InChI=1S/C7H6O2.C2H2O/c8-7(9)6-4-2-1-3-5-6;1-2-3/h1-5H,(H,8,9);1,3H. The number of hydrogen-bond donors (Lipinski definition) is 2. The summed E-state index contributed by atoms with van der Waals surface area (Å²) in [6.07, 6.45) is 5.40. The molecule has 0 aliphatic heterocycles. The Morgan fingerprint density at radius 2 is 1.75 bits per heavy atom. The third-order valence-electron chi connectivity index (χ3n) is 1.02. The highest BCUT2D eigenvalue weighted by atomic mass is 16.4. The number of carboxylic acid groups (broad SMARTS) is 1. The van der Waals surface area contributed by atoms with Crippen LogP contribution in [0.3, 0.4) is 0 Å². The fourth-order valence-electron chi connectivity index (χ4n) is 0.581. The molecule has 2 N–H and O–H groups in total. The van der Waals surface area contributed by atoms with Gasteiger partial charge in [0.25, 0.3) is 0 Å². The van der Waals surface area contributed by atoms with Crippen molar-refractivity contribution in [1.82, 2.24) is 0 Å². The third kappa shape index (κ3) is 3.96. The van der Waals surface area contributed by atoms with Crippen LogP contribution in [0.2, 0.25) is 0 Å². The molecule has 1 aromatic rings.